The summed E-state index contributed by atoms with van der Waals surface area (Å²) in [7, 11) is 0. The summed E-state index contributed by atoms with van der Waals surface area (Å²) >= 11 is 0. The number of anilines is 1. The van der Waals surface area contributed by atoms with Gasteiger partial charge in [-0.1, -0.05) is 24.3 Å². The number of rotatable bonds is 7. The summed E-state index contributed by atoms with van der Waals surface area (Å²) in [6.45, 7) is 2.57. The fourth-order valence-corrected chi connectivity index (χ4v) is 3.58. The molecular weight excluding hydrogens is 451 g/mol. The van der Waals surface area contributed by atoms with Crippen LogP contribution in [0.2, 0.25) is 0 Å². The minimum atomic E-state index is -4.42. The smallest absolute Gasteiger partial charge is 0.416 e. The number of alkyl halides is 3. The summed E-state index contributed by atoms with van der Waals surface area (Å²) in [6, 6.07) is 13.2. The quantitative estimate of drug-likeness (QED) is 0.620. The molecule has 3 rings (SSSR count). The molecule has 1 N–H and O–H groups in total. The van der Waals surface area contributed by atoms with Gasteiger partial charge in [0.25, 0.3) is 11.8 Å². The molecule has 1 fully saturated rings. The van der Waals surface area contributed by atoms with Gasteiger partial charge in [-0.15, -0.1) is 0 Å². The van der Waals surface area contributed by atoms with Crippen LogP contribution in [0.3, 0.4) is 0 Å². The number of hydrogen-bond donors (Lipinski definition) is 1. The number of esters is 1. The Morgan fingerprint density at radius 1 is 1.00 bits per heavy atom. The molecule has 182 valence electrons. The van der Waals surface area contributed by atoms with Gasteiger partial charge in [0.2, 0.25) is 0 Å². The molecule has 1 aliphatic heterocycles. The molecule has 7 nitrogen and oxygen atoms in total. The third-order valence-corrected chi connectivity index (χ3v) is 5.41. The van der Waals surface area contributed by atoms with Crippen molar-refractivity contribution in [3.05, 3.63) is 65.7 Å². The first-order valence-corrected chi connectivity index (χ1v) is 10.8. The zero-order valence-electron chi connectivity index (χ0n) is 18.7. The van der Waals surface area contributed by atoms with Gasteiger partial charge < -0.3 is 19.9 Å². The fraction of sp³-hybridized carbons (Fsp3) is 0.375. The van der Waals surface area contributed by atoms with Crippen molar-refractivity contribution in [3.63, 3.8) is 0 Å². The average Bonchev–Trinajstić information content (AvgIpc) is 2.82. The lowest BCUT2D eigenvalue weighted by atomic mass is 10.1. The lowest BCUT2D eigenvalue weighted by Crippen LogP contribution is -2.50. The summed E-state index contributed by atoms with van der Waals surface area (Å²) in [5, 5.41) is 2.70. The number of nitrogens with one attached hydrogen (secondary N) is 1. The SMILES string of the molecule is CC(CC(=O)OCC(=O)N1CCN(c2cccc(C(F)(F)F)c2)CC1)NC(=O)c1ccccc1. The van der Waals surface area contributed by atoms with E-state index >= 15 is 0 Å². The van der Waals surface area contributed by atoms with Crippen molar-refractivity contribution in [1.29, 1.82) is 0 Å². The number of piperazine rings is 1. The van der Waals surface area contributed by atoms with Crippen LogP contribution in [0.15, 0.2) is 54.6 Å². The van der Waals surface area contributed by atoms with Crippen LogP contribution in [0.4, 0.5) is 18.9 Å². The van der Waals surface area contributed by atoms with Crippen molar-refractivity contribution >= 4 is 23.5 Å². The van der Waals surface area contributed by atoms with Gasteiger partial charge in [0.15, 0.2) is 6.61 Å². The zero-order chi connectivity index (χ0) is 24.7. The fourth-order valence-electron chi connectivity index (χ4n) is 3.58. The van der Waals surface area contributed by atoms with E-state index in [0.29, 0.717) is 37.4 Å². The first-order chi connectivity index (χ1) is 16.1. The van der Waals surface area contributed by atoms with E-state index in [-0.39, 0.29) is 18.2 Å². The molecule has 10 heteroatoms. The molecule has 0 saturated carbocycles. The second-order valence-corrected chi connectivity index (χ2v) is 8.02. The third kappa shape index (κ3) is 6.97. The maximum Gasteiger partial charge on any atom is 0.416 e. The molecule has 1 unspecified atom stereocenters. The molecule has 1 heterocycles. The predicted octanol–water partition coefficient (Wildman–Crippen LogP) is 3.11. The molecular formula is C24H26F3N3O4. The Balaban J connectivity index is 1.40. The van der Waals surface area contributed by atoms with Gasteiger partial charge in [0.05, 0.1) is 12.0 Å². The molecule has 0 spiro atoms. The van der Waals surface area contributed by atoms with Crippen LogP contribution in [-0.4, -0.2) is 61.5 Å². The maximum absolute atomic E-state index is 12.9. The number of hydrogen-bond acceptors (Lipinski definition) is 5. The normalized spacial score (nSPS) is 14.9. The van der Waals surface area contributed by atoms with Crippen molar-refractivity contribution < 1.29 is 32.3 Å². The van der Waals surface area contributed by atoms with Gasteiger partial charge in [0.1, 0.15) is 0 Å². The lowest BCUT2D eigenvalue weighted by molar-refractivity contribution is -0.152. The second kappa shape index (κ2) is 11.0. The number of halogens is 3. The van der Waals surface area contributed by atoms with E-state index in [2.05, 4.69) is 5.32 Å². The molecule has 0 aliphatic carbocycles. The van der Waals surface area contributed by atoms with Crippen LogP contribution >= 0.6 is 0 Å². The summed E-state index contributed by atoms with van der Waals surface area (Å²) in [4.78, 5) is 39.9. The van der Waals surface area contributed by atoms with Crippen LogP contribution in [0.25, 0.3) is 0 Å². The van der Waals surface area contributed by atoms with Crippen molar-refractivity contribution in [2.24, 2.45) is 0 Å². The molecule has 1 atom stereocenters. The Labute approximate surface area is 195 Å². The molecule has 1 saturated heterocycles. The molecule has 0 radical (unpaired) electrons. The second-order valence-electron chi connectivity index (χ2n) is 8.02. The minimum Gasteiger partial charge on any atom is -0.456 e. The predicted molar refractivity (Wildman–Crippen MR) is 119 cm³/mol. The minimum absolute atomic E-state index is 0.0881. The number of benzene rings is 2. The number of nitrogens with zero attached hydrogens (tertiary/aromatic N) is 2. The van der Waals surface area contributed by atoms with E-state index in [1.54, 1.807) is 48.2 Å². The van der Waals surface area contributed by atoms with Gasteiger partial charge in [-0.05, 0) is 37.3 Å². The molecule has 0 aromatic heterocycles. The van der Waals surface area contributed by atoms with Crippen molar-refractivity contribution in [2.75, 3.05) is 37.7 Å². The topological polar surface area (TPSA) is 79.0 Å². The van der Waals surface area contributed by atoms with E-state index in [9.17, 15) is 27.6 Å². The molecule has 34 heavy (non-hydrogen) atoms. The summed E-state index contributed by atoms with van der Waals surface area (Å²) in [5.74, 6) is -1.30. The van der Waals surface area contributed by atoms with E-state index in [4.69, 9.17) is 4.74 Å². The first-order valence-electron chi connectivity index (χ1n) is 10.8. The van der Waals surface area contributed by atoms with Crippen LogP contribution in [0, 0.1) is 0 Å². The highest BCUT2D eigenvalue weighted by Crippen LogP contribution is 2.31. The Kier molecular flexibility index (Phi) is 8.14. The maximum atomic E-state index is 12.9. The molecule has 2 aromatic rings. The summed E-state index contributed by atoms with van der Waals surface area (Å²) < 4.78 is 43.9. The van der Waals surface area contributed by atoms with Gasteiger partial charge in [-0.25, -0.2) is 0 Å². The highest BCUT2D eigenvalue weighted by Gasteiger charge is 2.31. The van der Waals surface area contributed by atoms with Crippen LogP contribution < -0.4 is 10.2 Å². The standard InChI is InChI=1S/C24H26F3N3O4/c1-17(28-23(33)18-6-3-2-4-7-18)14-22(32)34-16-21(31)30-12-10-29(11-13-30)20-9-5-8-19(15-20)24(25,26)27/h2-9,15,17H,10-14,16H2,1H3,(H,28,33). The summed E-state index contributed by atoms with van der Waals surface area (Å²) in [6.07, 6.45) is -4.51. The highest BCUT2D eigenvalue weighted by atomic mass is 19.4. The van der Waals surface area contributed by atoms with Crippen molar-refractivity contribution in [2.45, 2.75) is 25.6 Å². The first kappa shape index (κ1) is 25.1. The molecule has 1 aliphatic rings. The van der Waals surface area contributed by atoms with Gasteiger partial charge in [-0.2, -0.15) is 13.2 Å². The Bertz CT molecular complexity index is 1010. The van der Waals surface area contributed by atoms with Crippen molar-refractivity contribution in [1.82, 2.24) is 10.2 Å². The monoisotopic (exact) mass is 477 g/mol. The largest absolute Gasteiger partial charge is 0.456 e. The Hall–Kier alpha value is -3.56. The Morgan fingerprint density at radius 2 is 1.68 bits per heavy atom. The van der Waals surface area contributed by atoms with Crippen LogP contribution in [0.1, 0.15) is 29.3 Å². The van der Waals surface area contributed by atoms with Gasteiger partial charge in [-0.3, -0.25) is 14.4 Å². The number of carbonyl (C=O) groups excluding carboxylic acids is 3. The third-order valence-electron chi connectivity index (χ3n) is 5.41. The average molecular weight is 477 g/mol. The Morgan fingerprint density at radius 3 is 2.32 bits per heavy atom. The number of amides is 2. The van der Waals surface area contributed by atoms with E-state index in [1.807, 2.05) is 0 Å². The van der Waals surface area contributed by atoms with Crippen molar-refractivity contribution in [3.8, 4) is 0 Å². The van der Waals surface area contributed by atoms with E-state index in [0.717, 1.165) is 12.1 Å². The van der Waals surface area contributed by atoms with E-state index < -0.39 is 30.4 Å². The molecule has 2 aromatic carbocycles. The molecule has 2 amide bonds. The van der Waals surface area contributed by atoms with Crippen LogP contribution in [-0.2, 0) is 20.5 Å². The zero-order valence-corrected chi connectivity index (χ0v) is 18.7. The van der Waals surface area contributed by atoms with Crippen LogP contribution in [0.5, 0.6) is 0 Å². The molecule has 0 bridgehead atoms. The summed E-state index contributed by atoms with van der Waals surface area (Å²) in [5.41, 5.74) is 0.201. The van der Waals surface area contributed by atoms with Gasteiger partial charge >= 0.3 is 12.1 Å². The highest BCUT2D eigenvalue weighted by molar-refractivity contribution is 5.94. The lowest BCUT2D eigenvalue weighted by Gasteiger charge is -2.36. The number of ether oxygens (including phenoxy) is 1. The number of carbonyl (C=O) groups is 3. The van der Waals surface area contributed by atoms with Gasteiger partial charge in [0, 0.05) is 43.5 Å². The van der Waals surface area contributed by atoms with E-state index in [1.165, 1.54) is 11.0 Å².